The first-order chi connectivity index (χ1) is 5.95. The Morgan fingerprint density at radius 2 is 2.00 bits per heavy atom. The van der Waals surface area contributed by atoms with Crippen LogP contribution in [-0.2, 0) is 12.1 Å². The molecule has 0 spiro atoms. The van der Waals surface area contributed by atoms with E-state index in [0.29, 0.717) is 5.56 Å². The monoisotopic (exact) mass is 209 g/mol. The van der Waals surface area contributed by atoms with Gasteiger partial charge in [0.1, 0.15) is 5.69 Å². The summed E-state index contributed by atoms with van der Waals surface area (Å²) >= 11 is 5.42. The van der Waals surface area contributed by atoms with Gasteiger partial charge in [-0.2, -0.15) is 13.2 Å². The maximum absolute atomic E-state index is 12.1. The fourth-order valence-electron chi connectivity index (χ4n) is 0.864. The van der Waals surface area contributed by atoms with Gasteiger partial charge in [-0.05, 0) is 18.6 Å². The molecule has 13 heavy (non-hydrogen) atoms. The molecule has 0 atom stereocenters. The second-order valence-electron chi connectivity index (χ2n) is 2.59. The predicted molar refractivity (Wildman–Crippen MR) is 43.5 cm³/mol. The molecule has 1 aromatic rings. The van der Waals surface area contributed by atoms with E-state index in [1.807, 2.05) is 0 Å². The van der Waals surface area contributed by atoms with Gasteiger partial charge in [0.15, 0.2) is 0 Å². The van der Waals surface area contributed by atoms with Crippen LogP contribution >= 0.6 is 11.6 Å². The number of aryl methyl sites for hydroxylation is 1. The van der Waals surface area contributed by atoms with Crippen LogP contribution in [0.1, 0.15) is 17.0 Å². The van der Waals surface area contributed by atoms with Gasteiger partial charge in [-0.3, -0.25) is 0 Å². The van der Waals surface area contributed by atoms with Crippen LogP contribution < -0.4 is 0 Å². The molecule has 0 radical (unpaired) electrons. The van der Waals surface area contributed by atoms with E-state index in [2.05, 4.69) is 4.98 Å². The maximum atomic E-state index is 12.1. The minimum Gasteiger partial charge on any atom is -0.247 e. The van der Waals surface area contributed by atoms with E-state index >= 15 is 0 Å². The zero-order chi connectivity index (χ0) is 10.1. The maximum Gasteiger partial charge on any atom is 0.433 e. The Hall–Kier alpha value is -0.770. The van der Waals surface area contributed by atoms with Crippen molar-refractivity contribution in [1.82, 2.24) is 4.98 Å². The van der Waals surface area contributed by atoms with Crippen molar-refractivity contribution in [2.75, 3.05) is 0 Å². The topological polar surface area (TPSA) is 12.9 Å². The standard InChI is InChI=1S/C8H7ClF3N/c1-5-2-3-7(8(10,11)12)13-6(5)4-9/h2-3H,4H2,1H3. The van der Waals surface area contributed by atoms with E-state index in [-0.39, 0.29) is 11.6 Å². The smallest absolute Gasteiger partial charge is 0.247 e. The lowest BCUT2D eigenvalue weighted by Crippen LogP contribution is -2.09. The predicted octanol–water partition coefficient (Wildman–Crippen LogP) is 3.15. The van der Waals surface area contributed by atoms with Crippen molar-refractivity contribution < 1.29 is 13.2 Å². The van der Waals surface area contributed by atoms with Crippen LogP contribution in [0, 0.1) is 6.92 Å². The van der Waals surface area contributed by atoms with Gasteiger partial charge in [-0.1, -0.05) is 6.07 Å². The summed E-state index contributed by atoms with van der Waals surface area (Å²) in [5.74, 6) is -0.00421. The van der Waals surface area contributed by atoms with Crippen molar-refractivity contribution in [3.63, 3.8) is 0 Å². The van der Waals surface area contributed by atoms with Gasteiger partial charge < -0.3 is 0 Å². The lowest BCUT2D eigenvalue weighted by atomic mass is 10.2. The summed E-state index contributed by atoms with van der Waals surface area (Å²) in [6, 6.07) is 2.32. The van der Waals surface area contributed by atoms with Crippen molar-refractivity contribution in [1.29, 1.82) is 0 Å². The number of nitrogens with zero attached hydrogens (tertiary/aromatic N) is 1. The van der Waals surface area contributed by atoms with Crippen LogP contribution in [0.4, 0.5) is 13.2 Å². The van der Waals surface area contributed by atoms with Gasteiger partial charge in [0, 0.05) is 0 Å². The third-order valence-corrected chi connectivity index (χ3v) is 1.87. The molecule has 0 fully saturated rings. The summed E-state index contributed by atoms with van der Waals surface area (Å²) in [4.78, 5) is 3.41. The van der Waals surface area contributed by atoms with Gasteiger partial charge in [0.2, 0.25) is 0 Å². The van der Waals surface area contributed by atoms with E-state index in [4.69, 9.17) is 11.6 Å². The van der Waals surface area contributed by atoms with Gasteiger partial charge in [-0.15, -0.1) is 11.6 Å². The van der Waals surface area contributed by atoms with E-state index in [1.165, 1.54) is 6.07 Å². The normalized spacial score (nSPS) is 11.8. The third kappa shape index (κ3) is 2.34. The molecule has 0 aromatic carbocycles. The molecule has 1 aromatic heterocycles. The molecule has 1 rings (SSSR count). The molecule has 0 aliphatic carbocycles. The minimum absolute atomic E-state index is 0.00421. The van der Waals surface area contributed by atoms with E-state index in [0.717, 1.165) is 6.07 Å². The quantitative estimate of drug-likeness (QED) is 0.648. The molecular weight excluding hydrogens is 203 g/mol. The van der Waals surface area contributed by atoms with Gasteiger partial charge in [0.05, 0.1) is 11.6 Å². The first-order valence-corrected chi connectivity index (χ1v) is 4.08. The first kappa shape index (κ1) is 10.3. The van der Waals surface area contributed by atoms with Crippen LogP contribution in [0.25, 0.3) is 0 Å². The van der Waals surface area contributed by atoms with Crippen molar-refractivity contribution >= 4 is 11.6 Å². The van der Waals surface area contributed by atoms with Crippen molar-refractivity contribution in [3.05, 3.63) is 29.1 Å². The number of aromatic nitrogens is 1. The average molecular weight is 210 g/mol. The lowest BCUT2D eigenvalue weighted by molar-refractivity contribution is -0.141. The van der Waals surface area contributed by atoms with Crippen LogP contribution in [0.15, 0.2) is 12.1 Å². The largest absolute Gasteiger partial charge is 0.433 e. The van der Waals surface area contributed by atoms with E-state index < -0.39 is 11.9 Å². The Balaban J connectivity index is 3.14. The van der Waals surface area contributed by atoms with Crippen LogP contribution in [0.5, 0.6) is 0 Å². The summed E-state index contributed by atoms with van der Waals surface area (Å²) in [7, 11) is 0. The Bertz CT molecular complexity index is 309. The van der Waals surface area contributed by atoms with Crippen molar-refractivity contribution in [2.45, 2.75) is 19.0 Å². The Labute approximate surface area is 78.5 Å². The number of pyridine rings is 1. The molecule has 0 unspecified atom stereocenters. The summed E-state index contributed by atoms with van der Waals surface area (Å²) in [6.07, 6.45) is -4.39. The van der Waals surface area contributed by atoms with Crippen LogP contribution in [0.3, 0.4) is 0 Å². The third-order valence-electron chi connectivity index (χ3n) is 1.62. The summed E-state index contributed by atoms with van der Waals surface area (Å²) in [5, 5.41) is 0. The Kier molecular flexibility index (Phi) is 2.81. The second-order valence-corrected chi connectivity index (χ2v) is 2.86. The molecule has 0 saturated heterocycles. The highest BCUT2D eigenvalue weighted by atomic mass is 35.5. The molecule has 0 aliphatic rings. The average Bonchev–Trinajstić information content (AvgIpc) is 2.03. The molecule has 72 valence electrons. The van der Waals surface area contributed by atoms with Gasteiger partial charge >= 0.3 is 6.18 Å². The molecule has 0 N–H and O–H groups in total. The zero-order valence-corrected chi connectivity index (χ0v) is 7.58. The first-order valence-electron chi connectivity index (χ1n) is 3.55. The summed E-state index contributed by atoms with van der Waals surface area (Å²) in [5.41, 5.74) is 0.0493. The molecule has 0 amide bonds. The summed E-state index contributed by atoms with van der Waals surface area (Å²) < 4.78 is 36.4. The highest BCUT2D eigenvalue weighted by molar-refractivity contribution is 6.17. The number of hydrogen-bond acceptors (Lipinski definition) is 1. The number of halogens is 4. The van der Waals surface area contributed by atoms with Gasteiger partial charge in [-0.25, -0.2) is 4.98 Å². The fraction of sp³-hybridized carbons (Fsp3) is 0.375. The second kappa shape index (κ2) is 3.54. The van der Waals surface area contributed by atoms with E-state index in [9.17, 15) is 13.2 Å². The SMILES string of the molecule is Cc1ccc(C(F)(F)F)nc1CCl. The minimum atomic E-state index is -4.39. The lowest BCUT2D eigenvalue weighted by Gasteiger charge is -2.08. The molecule has 5 heteroatoms. The Morgan fingerprint density at radius 1 is 1.38 bits per heavy atom. The van der Waals surface area contributed by atoms with Gasteiger partial charge in [0.25, 0.3) is 0 Å². The molecule has 1 nitrogen and oxygen atoms in total. The zero-order valence-electron chi connectivity index (χ0n) is 6.82. The van der Waals surface area contributed by atoms with Crippen LogP contribution in [0.2, 0.25) is 0 Å². The highest BCUT2D eigenvalue weighted by Crippen LogP contribution is 2.28. The molecule has 0 bridgehead atoms. The Morgan fingerprint density at radius 3 is 2.46 bits per heavy atom. The summed E-state index contributed by atoms with van der Waals surface area (Å²) in [6.45, 7) is 1.67. The molecule has 0 saturated carbocycles. The van der Waals surface area contributed by atoms with Crippen molar-refractivity contribution in [3.8, 4) is 0 Å². The van der Waals surface area contributed by atoms with Crippen LogP contribution in [-0.4, -0.2) is 4.98 Å². The number of alkyl halides is 4. The van der Waals surface area contributed by atoms with Crippen molar-refractivity contribution in [2.24, 2.45) is 0 Å². The fourth-order valence-corrected chi connectivity index (χ4v) is 1.13. The number of rotatable bonds is 1. The highest BCUT2D eigenvalue weighted by Gasteiger charge is 2.32. The molecule has 0 aliphatic heterocycles. The molecular formula is C8H7ClF3N. The van der Waals surface area contributed by atoms with E-state index in [1.54, 1.807) is 6.92 Å². The number of hydrogen-bond donors (Lipinski definition) is 0. The molecule has 1 heterocycles.